The third kappa shape index (κ3) is 5.48. The van der Waals surface area contributed by atoms with Crippen LogP contribution in [0.4, 0.5) is 5.69 Å². The molecule has 3 heterocycles. The van der Waals surface area contributed by atoms with E-state index >= 15 is 0 Å². The van der Waals surface area contributed by atoms with Gasteiger partial charge in [-0.2, -0.15) is 0 Å². The minimum absolute atomic E-state index is 0.180. The predicted octanol–water partition coefficient (Wildman–Crippen LogP) is 4.87. The number of thiocarbonyl (C=S) groups is 1. The number of rotatable bonds is 6. The van der Waals surface area contributed by atoms with Crippen LogP contribution in [0.15, 0.2) is 91.4 Å². The van der Waals surface area contributed by atoms with Gasteiger partial charge in [0.1, 0.15) is 17.1 Å². The van der Waals surface area contributed by atoms with E-state index in [1.54, 1.807) is 24.7 Å². The summed E-state index contributed by atoms with van der Waals surface area (Å²) in [6, 6.07) is 22.3. The second kappa shape index (κ2) is 10.1. The second-order valence-corrected chi connectivity index (χ2v) is 8.03. The summed E-state index contributed by atoms with van der Waals surface area (Å²) >= 11 is 5.27. The molecule has 0 saturated heterocycles. The van der Waals surface area contributed by atoms with E-state index in [0.717, 1.165) is 16.8 Å². The van der Waals surface area contributed by atoms with Crippen LogP contribution in [0, 0.1) is 0 Å². The summed E-state index contributed by atoms with van der Waals surface area (Å²) < 4.78 is 6.08. The van der Waals surface area contributed by atoms with Crippen molar-refractivity contribution in [1.29, 1.82) is 0 Å². The van der Waals surface area contributed by atoms with Gasteiger partial charge in [-0.3, -0.25) is 9.78 Å². The van der Waals surface area contributed by atoms with Gasteiger partial charge in [0.15, 0.2) is 16.5 Å². The fourth-order valence-electron chi connectivity index (χ4n) is 3.47. The Bertz CT molecular complexity index is 1470. The monoisotopic (exact) mass is 480 g/mol. The van der Waals surface area contributed by atoms with Gasteiger partial charge in [0, 0.05) is 35.9 Å². The molecule has 9 heteroatoms. The standard InChI is InChI=1S/C26H20N6O2S/c33-22(16-17-4-2-1-3-5-17)30-26(35)29-19-6-8-20(9-7-19)34-21-12-15-28-25-23(21)31-24(32-25)18-10-13-27-14-11-18/h1-15H,16H2,(H,28,31,32)(H2,29,30,33,35). The SMILES string of the molecule is O=C(Cc1ccccc1)NC(=S)Nc1ccc(Oc2ccnc3nc(-c4ccncc4)[nH]c23)cc1. The number of amides is 1. The van der Waals surface area contributed by atoms with Crippen LogP contribution in [0.25, 0.3) is 22.6 Å². The van der Waals surface area contributed by atoms with Crippen LogP contribution in [0.5, 0.6) is 11.5 Å². The van der Waals surface area contributed by atoms with E-state index in [1.165, 1.54) is 0 Å². The third-order valence-corrected chi connectivity index (χ3v) is 5.31. The zero-order valence-electron chi connectivity index (χ0n) is 18.4. The Labute approximate surface area is 206 Å². The minimum Gasteiger partial charge on any atom is -0.455 e. The Balaban J connectivity index is 1.23. The van der Waals surface area contributed by atoms with E-state index in [1.807, 2.05) is 66.7 Å². The molecule has 0 aliphatic heterocycles. The molecular weight excluding hydrogens is 460 g/mol. The number of benzene rings is 2. The fraction of sp³-hybridized carbons (Fsp3) is 0.0385. The molecule has 0 fully saturated rings. The molecule has 3 N–H and O–H groups in total. The number of aromatic amines is 1. The highest BCUT2D eigenvalue weighted by Crippen LogP contribution is 2.30. The van der Waals surface area contributed by atoms with Crippen molar-refractivity contribution >= 4 is 40.1 Å². The van der Waals surface area contributed by atoms with Crippen molar-refractivity contribution < 1.29 is 9.53 Å². The second-order valence-electron chi connectivity index (χ2n) is 7.62. The van der Waals surface area contributed by atoms with Crippen LogP contribution in [-0.2, 0) is 11.2 Å². The number of pyridine rings is 2. The summed E-state index contributed by atoms with van der Waals surface area (Å²) in [4.78, 5) is 28.4. The first kappa shape index (κ1) is 22.2. The van der Waals surface area contributed by atoms with Crippen LogP contribution in [0.1, 0.15) is 5.56 Å². The molecule has 0 atom stereocenters. The summed E-state index contributed by atoms with van der Waals surface area (Å²) in [6.07, 6.45) is 5.33. The van der Waals surface area contributed by atoms with Gasteiger partial charge in [0.05, 0.1) is 6.42 Å². The smallest absolute Gasteiger partial charge is 0.230 e. The van der Waals surface area contributed by atoms with Crippen LogP contribution in [0.2, 0.25) is 0 Å². The Morgan fingerprint density at radius 1 is 0.943 bits per heavy atom. The number of imidazole rings is 1. The lowest BCUT2D eigenvalue weighted by molar-refractivity contribution is -0.119. The zero-order valence-corrected chi connectivity index (χ0v) is 19.3. The Morgan fingerprint density at radius 3 is 2.49 bits per heavy atom. The number of H-pyrrole nitrogens is 1. The number of nitrogens with one attached hydrogen (secondary N) is 3. The van der Waals surface area contributed by atoms with Gasteiger partial charge in [-0.1, -0.05) is 30.3 Å². The van der Waals surface area contributed by atoms with Crippen molar-refractivity contribution in [3.8, 4) is 22.9 Å². The maximum atomic E-state index is 12.2. The molecule has 0 saturated carbocycles. The maximum absolute atomic E-state index is 12.2. The Hall–Kier alpha value is -4.63. The number of nitrogens with zero attached hydrogens (tertiary/aromatic N) is 3. The predicted molar refractivity (Wildman–Crippen MR) is 138 cm³/mol. The average molecular weight is 481 g/mol. The number of ether oxygens (including phenoxy) is 1. The molecule has 0 aliphatic carbocycles. The Morgan fingerprint density at radius 2 is 1.71 bits per heavy atom. The van der Waals surface area contributed by atoms with Crippen LogP contribution < -0.4 is 15.4 Å². The van der Waals surface area contributed by atoms with E-state index in [-0.39, 0.29) is 17.4 Å². The fourth-order valence-corrected chi connectivity index (χ4v) is 3.70. The molecule has 8 nitrogen and oxygen atoms in total. The summed E-state index contributed by atoms with van der Waals surface area (Å²) in [5.41, 5.74) is 3.81. The number of hydrogen-bond donors (Lipinski definition) is 3. The molecule has 0 unspecified atom stereocenters. The highest BCUT2D eigenvalue weighted by Gasteiger charge is 2.12. The van der Waals surface area contributed by atoms with Crippen molar-refractivity contribution in [3.05, 3.63) is 97.0 Å². The first-order valence-electron chi connectivity index (χ1n) is 10.8. The van der Waals surface area contributed by atoms with Gasteiger partial charge in [-0.25, -0.2) is 9.97 Å². The van der Waals surface area contributed by atoms with Crippen molar-refractivity contribution in [3.63, 3.8) is 0 Å². The van der Waals surface area contributed by atoms with Gasteiger partial charge in [-0.05, 0) is 54.2 Å². The number of carbonyl (C=O) groups excluding carboxylic acids is 1. The largest absolute Gasteiger partial charge is 0.455 e. The first-order valence-corrected chi connectivity index (χ1v) is 11.2. The van der Waals surface area contributed by atoms with Crippen molar-refractivity contribution in [1.82, 2.24) is 25.3 Å². The van der Waals surface area contributed by atoms with Crippen molar-refractivity contribution in [2.45, 2.75) is 6.42 Å². The van der Waals surface area contributed by atoms with E-state index in [2.05, 4.69) is 30.6 Å². The summed E-state index contributed by atoms with van der Waals surface area (Å²) in [7, 11) is 0. The van der Waals surface area contributed by atoms with Crippen LogP contribution in [-0.4, -0.2) is 31.0 Å². The summed E-state index contributed by atoms with van der Waals surface area (Å²) in [5, 5.41) is 5.94. The van der Waals surface area contributed by atoms with Gasteiger partial charge in [0.2, 0.25) is 5.91 Å². The van der Waals surface area contributed by atoms with E-state index in [9.17, 15) is 4.79 Å². The topological polar surface area (TPSA) is 105 Å². The third-order valence-electron chi connectivity index (χ3n) is 5.11. The lowest BCUT2D eigenvalue weighted by atomic mass is 10.1. The molecule has 0 aliphatic rings. The van der Waals surface area contributed by atoms with Crippen LogP contribution >= 0.6 is 12.2 Å². The van der Waals surface area contributed by atoms with E-state index < -0.39 is 0 Å². The van der Waals surface area contributed by atoms with E-state index in [0.29, 0.717) is 28.5 Å². The number of anilines is 1. The van der Waals surface area contributed by atoms with Gasteiger partial charge in [0.25, 0.3) is 0 Å². The van der Waals surface area contributed by atoms with Crippen molar-refractivity contribution in [2.75, 3.05) is 5.32 Å². The normalized spacial score (nSPS) is 10.6. The maximum Gasteiger partial charge on any atom is 0.230 e. The van der Waals surface area contributed by atoms with Gasteiger partial charge < -0.3 is 20.4 Å². The molecule has 1 amide bonds. The Kier molecular flexibility index (Phi) is 6.40. The lowest BCUT2D eigenvalue weighted by Crippen LogP contribution is -2.35. The number of aromatic nitrogens is 4. The molecule has 0 bridgehead atoms. The molecule has 2 aromatic carbocycles. The number of hydrogen-bond acceptors (Lipinski definition) is 6. The number of fused-ring (bicyclic) bond motifs is 1. The molecule has 3 aromatic heterocycles. The summed E-state index contributed by atoms with van der Waals surface area (Å²) in [5.74, 6) is 1.74. The molecule has 5 aromatic rings. The minimum atomic E-state index is -0.180. The quantitative estimate of drug-likeness (QED) is 0.298. The number of carbonyl (C=O) groups is 1. The molecule has 5 rings (SSSR count). The highest BCUT2D eigenvalue weighted by atomic mass is 32.1. The summed E-state index contributed by atoms with van der Waals surface area (Å²) in [6.45, 7) is 0. The molecule has 35 heavy (non-hydrogen) atoms. The molecule has 0 spiro atoms. The van der Waals surface area contributed by atoms with Crippen molar-refractivity contribution in [2.24, 2.45) is 0 Å². The molecular formula is C26H20N6O2S. The first-order chi connectivity index (χ1) is 17.1. The zero-order chi connectivity index (χ0) is 24.0. The lowest BCUT2D eigenvalue weighted by Gasteiger charge is -2.11. The highest BCUT2D eigenvalue weighted by molar-refractivity contribution is 7.80. The van der Waals surface area contributed by atoms with E-state index in [4.69, 9.17) is 17.0 Å². The molecule has 0 radical (unpaired) electrons. The van der Waals surface area contributed by atoms with Crippen LogP contribution in [0.3, 0.4) is 0 Å². The van der Waals surface area contributed by atoms with Gasteiger partial charge in [-0.15, -0.1) is 0 Å². The average Bonchev–Trinajstić information content (AvgIpc) is 3.32. The molecule has 172 valence electrons. The van der Waals surface area contributed by atoms with Gasteiger partial charge >= 0.3 is 0 Å².